The summed E-state index contributed by atoms with van der Waals surface area (Å²) in [7, 11) is 0. The summed E-state index contributed by atoms with van der Waals surface area (Å²) in [5.74, 6) is 0.886. The summed E-state index contributed by atoms with van der Waals surface area (Å²) in [6, 6.07) is 17.1. The molecule has 4 rings (SSSR count). The molecule has 28 heavy (non-hydrogen) atoms. The predicted octanol–water partition coefficient (Wildman–Crippen LogP) is 6.63. The van der Waals surface area contributed by atoms with Crippen LogP contribution >= 0.6 is 11.3 Å². The second-order valence-corrected chi connectivity index (χ2v) is 9.23. The van der Waals surface area contributed by atoms with Gasteiger partial charge >= 0.3 is 0 Å². The number of aromatic nitrogens is 2. The number of nitrogens with zero attached hydrogens (tertiary/aromatic N) is 2. The Morgan fingerprint density at radius 1 is 0.964 bits per heavy atom. The van der Waals surface area contributed by atoms with Crippen LogP contribution < -0.4 is 5.32 Å². The SMILES string of the molecule is Cc1nc(Cc2cnc(Nc3ccc(C(C)(C)C)cc3)c3ccccc23)cs1. The zero-order valence-electron chi connectivity index (χ0n) is 16.8. The first-order valence-corrected chi connectivity index (χ1v) is 10.4. The van der Waals surface area contributed by atoms with Crippen molar-refractivity contribution in [2.45, 2.75) is 39.5 Å². The number of fused-ring (bicyclic) bond motifs is 1. The van der Waals surface area contributed by atoms with Gasteiger partial charge in [0.15, 0.2) is 0 Å². The normalized spacial score (nSPS) is 11.7. The van der Waals surface area contributed by atoms with Gasteiger partial charge in [0.1, 0.15) is 5.82 Å². The average molecular weight is 388 g/mol. The number of nitrogens with one attached hydrogen (secondary N) is 1. The van der Waals surface area contributed by atoms with Gasteiger partial charge in [0.05, 0.1) is 10.7 Å². The summed E-state index contributed by atoms with van der Waals surface area (Å²) in [6.45, 7) is 8.73. The first kappa shape index (κ1) is 18.6. The number of thiazole rings is 1. The lowest BCUT2D eigenvalue weighted by Gasteiger charge is -2.19. The maximum atomic E-state index is 4.74. The molecule has 2 aromatic carbocycles. The number of aryl methyl sites for hydroxylation is 1. The summed E-state index contributed by atoms with van der Waals surface area (Å²) >= 11 is 1.69. The Hall–Kier alpha value is -2.72. The molecule has 0 spiro atoms. The third-order valence-electron chi connectivity index (χ3n) is 4.93. The minimum absolute atomic E-state index is 0.152. The zero-order chi connectivity index (χ0) is 19.7. The van der Waals surface area contributed by atoms with E-state index in [2.05, 4.69) is 85.0 Å². The number of rotatable bonds is 4. The summed E-state index contributed by atoms with van der Waals surface area (Å²) < 4.78 is 0. The molecular weight excluding hydrogens is 362 g/mol. The number of benzene rings is 2. The lowest BCUT2D eigenvalue weighted by molar-refractivity contribution is 0.590. The first-order valence-electron chi connectivity index (χ1n) is 9.55. The lowest BCUT2D eigenvalue weighted by Crippen LogP contribution is -2.10. The molecule has 142 valence electrons. The van der Waals surface area contributed by atoms with Crippen LogP contribution in [0.3, 0.4) is 0 Å². The van der Waals surface area contributed by atoms with Crippen molar-refractivity contribution in [1.29, 1.82) is 0 Å². The maximum Gasteiger partial charge on any atom is 0.138 e. The molecule has 4 aromatic rings. The van der Waals surface area contributed by atoms with Crippen molar-refractivity contribution in [3.05, 3.63) is 81.9 Å². The van der Waals surface area contributed by atoms with E-state index in [1.165, 1.54) is 16.5 Å². The highest BCUT2D eigenvalue weighted by Crippen LogP contribution is 2.29. The van der Waals surface area contributed by atoms with Crippen LogP contribution in [-0.4, -0.2) is 9.97 Å². The molecule has 2 aromatic heterocycles. The minimum Gasteiger partial charge on any atom is -0.340 e. The molecular formula is C24H25N3S. The largest absolute Gasteiger partial charge is 0.340 e. The quantitative estimate of drug-likeness (QED) is 0.427. The van der Waals surface area contributed by atoms with Crippen molar-refractivity contribution < 1.29 is 0 Å². The molecule has 1 N–H and O–H groups in total. The topological polar surface area (TPSA) is 37.8 Å². The molecule has 0 aliphatic heterocycles. The Labute approximate surface area is 170 Å². The number of hydrogen-bond acceptors (Lipinski definition) is 4. The van der Waals surface area contributed by atoms with E-state index in [0.717, 1.165) is 34.0 Å². The third kappa shape index (κ3) is 3.92. The van der Waals surface area contributed by atoms with Crippen LogP contribution in [0.1, 0.15) is 42.6 Å². The van der Waals surface area contributed by atoms with Crippen LogP contribution in [0.25, 0.3) is 10.8 Å². The van der Waals surface area contributed by atoms with Gasteiger partial charge in [0.25, 0.3) is 0 Å². The molecule has 0 saturated heterocycles. The summed E-state index contributed by atoms with van der Waals surface area (Å²) in [6.07, 6.45) is 2.78. The number of anilines is 2. The van der Waals surface area contributed by atoms with Crippen molar-refractivity contribution in [3.63, 3.8) is 0 Å². The zero-order valence-corrected chi connectivity index (χ0v) is 17.6. The third-order valence-corrected chi connectivity index (χ3v) is 5.75. The van der Waals surface area contributed by atoms with Gasteiger partial charge in [-0.05, 0) is 41.0 Å². The van der Waals surface area contributed by atoms with Crippen LogP contribution in [0.2, 0.25) is 0 Å². The summed E-state index contributed by atoms with van der Waals surface area (Å²) in [5.41, 5.74) is 4.83. The molecule has 0 aliphatic rings. The number of pyridine rings is 1. The number of hydrogen-bond donors (Lipinski definition) is 1. The van der Waals surface area contributed by atoms with Gasteiger partial charge in [-0.1, -0.05) is 57.2 Å². The highest BCUT2D eigenvalue weighted by Gasteiger charge is 2.13. The molecule has 0 fully saturated rings. The Bertz CT molecular complexity index is 1100. The average Bonchev–Trinajstić information content (AvgIpc) is 3.08. The lowest BCUT2D eigenvalue weighted by atomic mass is 9.87. The first-order chi connectivity index (χ1) is 13.4. The molecule has 2 heterocycles. The van der Waals surface area contributed by atoms with Crippen molar-refractivity contribution in [3.8, 4) is 0 Å². The van der Waals surface area contributed by atoms with Crippen molar-refractivity contribution in [1.82, 2.24) is 9.97 Å². The van der Waals surface area contributed by atoms with Crippen LogP contribution in [0.15, 0.2) is 60.1 Å². The van der Waals surface area contributed by atoms with Crippen molar-refractivity contribution in [2.24, 2.45) is 0 Å². The monoisotopic (exact) mass is 387 g/mol. The van der Waals surface area contributed by atoms with Crippen molar-refractivity contribution >= 4 is 33.6 Å². The van der Waals surface area contributed by atoms with E-state index in [1.807, 2.05) is 13.1 Å². The highest BCUT2D eigenvalue weighted by molar-refractivity contribution is 7.09. The molecule has 4 heteroatoms. The van der Waals surface area contributed by atoms with Crippen LogP contribution in [-0.2, 0) is 11.8 Å². The Morgan fingerprint density at radius 2 is 1.68 bits per heavy atom. The fourth-order valence-electron chi connectivity index (χ4n) is 3.37. The molecule has 0 aliphatic carbocycles. The van der Waals surface area contributed by atoms with E-state index < -0.39 is 0 Å². The van der Waals surface area contributed by atoms with Gasteiger partial charge in [-0.2, -0.15) is 0 Å². The van der Waals surface area contributed by atoms with Gasteiger partial charge in [-0.15, -0.1) is 11.3 Å². The smallest absolute Gasteiger partial charge is 0.138 e. The van der Waals surface area contributed by atoms with Crippen molar-refractivity contribution in [2.75, 3.05) is 5.32 Å². The van der Waals surface area contributed by atoms with E-state index in [-0.39, 0.29) is 5.41 Å². The molecule has 3 nitrogen and oxygen atoms in total. The van der Waals surface area contributed by atoms with E-state index in [4.69, 9.17) is 4.98 Å². The highest BCUT2D eigenvalue weighted by atomic mass is 32.1. The maximum absolute atomic E-state index is 4.74. The van der Waals surface area contributed by atoms with E-state index in [0.29, 0.717) is 0 Å². The minimum atomic E-state index is 0.152. The van der Waals surface area contributed by atoms with Crippen LogP contribution in [0, 0.1) is 6.92 Å². The molecule has 0 amide bonds. The second-order valence-electron chi connectivity index (χ2n) is 8.16. The van der Waals surface area contributed by atoms with Gasteiger partial charge in [-0.3, -0.25) is 0 Å². The second kappa shape index (κ2) is 7.36. The molecule has 0 bridgehead atoms. The Morgan fingerprint density at radius 3 is 2.32 bits per heavy atom. The van der Waals surface area contributed by atoms with Crippen LogP contribution in [0.5, 0.6) is 0 Å². The van der Waals surface area contributed by atoms with Gasteiger partial charge in [0.2, 0.25) is 0 Å². The van der Waals surface area contributed by atoms with Gasteiger partial charge in [-0.25, -0.2) is 9.97 Å². The van der Waals surface area contributed by atoms with E-state index >= 15 is 0 Å². The molecule has 0 radical (unpaired) electrons. The molecule has 0 atom stereocenters. The molecule has 0 unspecified atom stereocenters. The fraction of sp³-hybridized carbons (Fsp3) is 0.250. The predicted molar refractivity (Wildman–Crippen MR) is 120 cm³/mol. The summed E-state index contributed by atoms with van der Waals surface area (Å²) in [4.78, 5) is 9.35. The molecule has 0 saturated carbocycles. The van der Waals surface area contributed by atoms with E-state index in [1.54, 1.807) is 11.3 Å². The summed E-state index contributed by atoms with van der Waals surface area (Å²) in [5, 5.41) is 9.08. The van der Waals surface area contributed by atoms with Crippen LogP contribution in [0.4, 0.5) is 11.5 Å². The Balaban J connectivity index is 1.66. The Kier molecular flexibility index (Phi) is 4.90. The van der Waals surface area contributed by atoms with Gasteiger partial charge in [0, 0.05) is 29.1 Å². The standard InChI is InChI=1S/C24H25N3S/c1-16-26-20(15-28-16)13-17-14-25-23(22-8-6-5-7-21(17)22)27-19-11-9-18(10-12-19)24(2,3)4/h5-12,14-15H,13H2,1-4H3,(H,25,27). The van der Waals surface area contributed by atoms with Gasteiger partial charge < -0.3 is 5.32 Å². The fourth-order valence-corrected chi connectivity index (χ4v) is 3.98. The van der Waals surface area contributed by atoms with E-state index in [9.17, 15) is 0 Å².